The molecule has 2 aromatic carbocycles. The third kappa shape index (κ3) is 6.02. The number of hydrogen-bond donors (Lipinski definition) is 2. The number of amides is 1. The highest BCUT2D eigenvalue weighted by atomic mass is 32.2. The summed E-state index contributed by atoms with van der Waals surface area (Å²) in [5.41, 5.74) is 2.77. The van der Waals surface area contributed by atoms with E-state index in [1.807, 2.05) is 31.2 Å². The highest BCUT2D eigenvalue weighted by molar-refractivity contribution is 7.88. The molecular formula is C17H20N2O4S. The Hall–Kier alpha value is -2.38. The van der Waals surface area contributed by atoms with Crippen molar-refractivity contribution >= 4 is 21.6 Å². The number of carbonyl (C=O) groups excluding carboxylic acids is 1. The van der Waals surface area contributed by atoms with Crippen LogP contribution >= 0.6 is 0 Å². The van der Waals surface area contributed by atoms with Gasteiger partial charge in [0, 0.05) is 11.8 Å². The van der Waals surface area contributed by atoms with Gasteiger partial charge in [0.05, 0.1) is 12.8 Å². The van der Waals surface area contributed by atoms with Crippen molar-refractivity contribution in [3.63, 3.8) is 0 Å². The Labute approximate surface area is 141 Å². The van der Waals surface area contributed by atoms with Crippen LogP contribution in [0.25, 0.3) is 0 Å². The van der Waals surface area contributed by atoms with Crippen LogP contribution in [0.4, 0.5) is 5.69 Å². The van der Waals surface area contributed by atoms with Gasteiger partial charge in [-0.1, -0.05) is 30.3 Å². The Morgan fingerprint density at radius 1 is 1.12 bits per heavy atom. The second-order valence-corrected chi connectivity index (χ2v) is 7.22. The molecule has 24 heavy (non-hydrogen) atoms. The fourth-order valence-corrected chi connectivity index (χ4v) is 2.39. The maximum atomic E-state index is 11.7. The van der Waals surface area contributed by atoms with E-state index in [1.54, 1.807) is 24.3 Å². The van der Waals surface area contributed by atoms with Gasteiger partial charge in [-0.15, -0.1) is 0 Å². The lowest BCUT2D eigenvalue weighted by molar-refractivity contribution is -0.115. The van der Waals surface area contributed by atoms with E-state index in [0.29, 0.717) is 18.0 Å². The van der Waals surface area contributed by atoms with Gasteiger partial charge in [0.15, 0.2) is 0 Å². The summed E-state index contributed by atoms with van der Waals surface area (Å²) in [5, 5.41) is 2.62. The van der Waals surface area contributed by atoms with E-state index in [0.717, 1.165) is 17.4 Å². The Balaban J connectivity index is 1.94. The average Bonchev–Trinajstić information content (AvgIpc) is 2.52. The Bertz CT molecular complexity index is 819. The fourth-order valence-electron chi connectivity index (χ4n) is 2.00. The van der Waals surface area contributed by atoms with Crippen molar-refractivity contribution in [1.82, 2.24) is 4.72 Å². The zero-order valence-electron chi connectivity index (χ0n) is 13.6. The maximum absolute atomic E-state index is 11.7. The first-order chi connectivity index (χ1) is 11.3. The number of ether oxygens (including phenoxy) is 1. The summed E-state index contributed by atoms with van der Waals surface area (Å²) in [7, 11) is -3.40. The third-order valence-corrected chi connectivity index (χ3v) is 3.94. The lowest BCUT2D eigenvalue weighted by Gasteiger charge is -2.10. The van der Waals surface area contributed by atoms with Crippen molar-refractivity contribution < 1.29 is 17.9 Å². The maximum Gasteiger partial charge on any atom is 0.239 e. The number of aryl methyl sites for hydroxylation is 1. The van der Waals surface area contributed by atoms with Gasteiger partial charge < -0.3 is 10.1 Å². The SMILES string of the molecule is Cc1ccccc1COc1cccc(NC(=O)CNS(C)(=O)=O)c1. The van der Waals surface area contributed by atoms with Gasteiger partial charge in [0.1, 0.15) is 12.4 Å². The first-order valence-corrected chi connectivity index (χ1v) is 9.24. The van der Waals surface area contributed by atoms with Crippen LogP contribution in [0, 0.1) is 6.92 Å². The van der Waals surface area contributed by atoms with Gasteiger partial charge in [-0.25, -0.2) is 13.1 Å². The van der Waals surface area contributed by atoms with Gasteiger partial charge >= 0.3 is 0 Å². The van der Waals surface area contributed by atoms with E-state index >= 15 is 0 Å². The molecule has 0 aliphatic carbocycles. The normalized spacial score (nSPS) is 11.1. The second kappa shape index (κ2) is 7.94. The van der Waals surface area contributed by atoms with Crippen LogP contribution in [0.2, 0.25) is 0 Å². The Morgan fingerprint density at radius 2 is 1.88 bits per heavy atom. The van der Waals surface area contributed by atoms with Crippen molar-refractivity contribution in [2.24, 2.45) is 0 Å². The van der Waals surface area contributed by atoms with Gasteiger partial charge in [-0.05, 0) is 30.2 Å². The molecule has 2 N–H and O–H groups in total. The third-order valence-electron chi connectivity index (χ3n) is 3.27. The van der Waals surface area contributed by atoms with Gasteiger partial charge in [0.2, 0.25) is 15.9 Å². The smallest absolute Gasteiger partial charge is 0.239 e. The van der Waals surface area contributed by atoms with Crippen LogP contribution < -0.4 is 14.8 Å². The van der Waals surface area contributed by atoms with Crippen LogP contribution in [0.5, 0.6) is 5.75 Å². The number of rotatable bonds is 7. The summed E-state index contributed by atoms with van der Waals surface area (Å²) in [5.74, 6) is 0.170. The molecule has 1 amide bonds. The molecule has 2 rings (SSSR count). The van der Waals surface area contributed by atoms with Crippen LogP contribution in [-0.2, 0) is 21.4 Å². The number of carbonyl (C=O) groups is 1. The second-order valence-electron chi connectivity index (χ2n) is 5.38. The fraction of sp³-hybridized carbons (Fsp3) is 0.235. The first-order valence-electron chi connectivity index (χ1n) is 7.35. The van der Waals surface area contributed by atoms with E-state index in [1.165, 1.54) is 0 Å². The molecular weight excluding hydrogens is 328 g/mol. The van der Waals surface area contributed by atoms with E-state index in [4.69, 9.17) is 4.74 Å². The van der Waals surface area contributed by atoms with Crippen LogP contribution in [0.3, 0.4) is 0 Å². The molecule has 0 radical (unpaired) electrons. The molecule has 0 saturated carbocycles. The molecule has 2 aromatic rings. The molecule has 128 valence electrons. The predicted molar refractivity (Wildman–Crippen MR) is 93.4 cm³/mol. The molecule has 0 aliphatic heterocycles. The van der Waals surface area contributed by atoms with Crippen molar-refractivity contribution in [3.05, 3.63) is 59.7 Å². The number of sulfonamides is 1. The lowest BCUT2D eigenvalue weighted by atomic mass is 10.1. The number of hydrogen-bond acceptors (Lipinski definition) is 4. The van der Waals surface area contributed by atoms with Gasteiger partial charge in [0.25, 0.3) is 0 Å². The molecule has 0 aliphatic rings. The van der Waals surface area contributed by atoms with E-state index in [2.05, 4.69) is 10.0 Å². The molecule has 0 aromatic heterocycles. The summed E-state index contributed by atoms with van der Waals surface area (Å²) in [6.07, 6.45) is 1.00. The Kier molecular flexibility index (Phi) is 5.94. The minimum absolute atomic E-state index is 0.312. The molecule has 0 atom stereocenters. The Morgan fingerprint density at radius 3 is 2.58 bits per heavy atom. The average molecular weight is 348 g/mol. The molecule has 0 bridgehead atoms. The van der Waals surface area contributed by atoms with Crippen molar-refractivity contribution in [1.29, 1.82) is 0 Å². The topological polar surface area (TPSA) is 84.5 Å². The number of nitrogens with one attached hydrogen (secondary N) is 2. The van der Waals surface area contributed by atoms with E-state index in [-0.39, 0.29) is 6.54 Å². The zero-order chi connectivity index (χ0) is 17.6. The van der Waals surface area contributed by atoms with Crippen molar-refractivity contribution in [2.45, 2.75) is 13.5 Å². The van der Waals surface area contributed by atoms with E-state index < -0.39 is 15.9 Å². The van der Waals surface area contributed by atoms with Crippen molar-refractivity contribution in [3.8, 4) is 5.75 Å². The summed E-state index contributed by atoms with van der Waals surface area (Å²) in [6.45, 7) is 2.14. The minimum atomic E-state index is -3.40. The summed E-state index contributed by atoms with van der Waals surface area (Å²) >= 11 is 0. The molecule has 0 fully saturated rings. The summed E-state index contributed by atoms with van der Waals surface area (Å²) in [6, 6.07) is 14.9. The molecule has 7 heteroatoms. The number of benzene rings is 2. The van der Waals surface area contributed by atoms with Gasteiger partial charge in [-0.3, -0.25) is 4.79 Å². The first kappa shape index (κ1) is 18.0. The van der Waals surface area contributed by atoms with Gasteiger partial charge in [-0.2, -0.15) is 0 Å². The molecule has 0 unspecified atom stereocenters. The minimum Gasteiger partial charge on any atom is -0.489 e. The van der Waals surface area contributed by atoms with Crippen LogP contribution in [-0.4, -0.2) is 27.1 Å². The van der Waals surface area contributed by atoms with Crippen LogP contribution in [0.1, 0.15) is 11.1 Å². The molecule has 0 saturated heterocycles. The highest BCUT2D eigenvalue weighted by Crippen LogP contribution is 2.19. The molecule has 0 heterocycles. The standard InChI is InChI=1S/C17H20N2O4S/c1-13-6-3-4-7-14(13)12-23-16-9-5-8-15(10-16)19-17(20)11-18-24(2,21)22/h3-10,18H,11-12H2,1-2H3,(H,19,20). The van der Waals surface area contributed by atoms with Crippen LogP contribution in [0.15, 0.2) is 48.5 Å². The monoisotopic (exact) mass is 348 g/mol. The molecule has 0 spiro atoms. The zero-order valence-corrected chi connectivity index (χ0v) is 14.4. The quantitative estimate of drug-likeness (QED) is 0.802. The summed E-state index contributed by atoms with van der Waals surface area (Å²) in [4.78, 5) is 11.7. The number of anilines is 1. The predicted octanol–water partition coefficient (Wildman–Crippen LogP) is 2.06. The highest BCUT2D eigenvalue weighted by Gasteiger charge is 2.07. The van der Waals surface area contributed by atoms with E-state index in [9.17, 15) is 13.2 Å². The van der Waals surface area contributed by atoms with Crippen molar-refractivity contribution in [2.75, 3.05) is 18.1 Å². The lowest BCUT2D eigenvalue weighted by Crippen LogP contribution is -2.32. The largest absolute Gasteiger partial charge is 0.489 e. The summed E-state index contributed by atoms with van der Waals surface area (Å²) < 4.78 is 29.8. The molecule has 6 nitrogen and oxygen atoms in total.